The van der Waals surface area contributed by atoms with E-state index < -0.39 is 0 Å². The van der Waals surface area contributed by atoms with Gasteiger partial charge in [-0.1, -0.05) is 25.1 Å². The van der Waals surface area contributed by atoms with Crippen molar-refractivity contribution in [2.45, 2.75) is 43.5 Å². The molecule has 0 aliphatic heterocycles. The van der Waals surface area contributed by atoms with Crippen molar-refractivity contribution >= 4 is 17.7 Å². The van der Waals surface area contributed by atoms with Gasteiger partial charge in [-0.05, 0) is 66.6 Å². The van der Waals surface area contributed by atoms with Crippen LogP contribution in [0.1, 0.15) is 42.5 Å². The smallest absolute Gasteiger partial charge is 0.230 e. The van der Waals surface area contributed by atoms with E-state index >= 15 is 0 Å². The van der Waals surface area contributed by atoms with Gasteiger partial charge in [0.2, 0.25) is 5.91 Å². The molecule has 1 amide bonds. The minimum Gasteiger partial charge on any atom is -0.497 e. The predicted octanol–water partition coefficient (Wildman–Crippen LogP) is 4.54. The summed E-state index contributed by atoms with van der Waals surface area (Å²) in [5.74, 6) is 1.36. The van der Waals surface area contributed by atoms with Gasteiger partial charge in [-0.3, -0.25) is 4.79 Å². The molecule has 0 bridgehead atoms. The van der Waals surface area contributed by atoms with Crippen molar-refractivity contribution < 1.29 is 9.53 Å². The first-order valence-corrected chi connectivity index (χ1v) is 9.86. The molecule has 0 spiro atoms. The normalized spacial score (nSPS) is 14.0. The van der Waals surface area contributed by atoms with Crippen LogP contribution in [0.4, 0.5) is 0 Å². The molecule has 0 radical (unpaired) electrons. The molecule has 0 saturated carbocycles. The number of ether oxygens (including phenoxy) is 1. The van der Waals surface area contributed by atoms with Crippen LogP contribution in [-0.2, 0) is 17.6 Å². The largest absolute Gasteiger partial charge is 0.497 e. The minimum absolute atomic E-state index is 0.0408. The zero-order valence-corrected chi connectivity index (χ0v) is 15.7. The summed E-state index contributed by atoms with van der Waals surface area (Å²) in [7, 11) is 1.66. The Bertz CT molecular complexity index is 727. The molecule has 1 unspecified atom stereocenters. The van der Waals surface area contributed by atoms with Crippen LogP contribution < -0.4 is 10.1 Å². The number of carbonyl (C=O) groups excluding carboxylic acids is 1. The van der Waals surface area contributed by atoms with E-state index in [9.17, 15) is 4.79 Å². The standard InChI is InChI=1S/C21H25NO2S/c1-3-20(16-7-10-18(24-2)11-8-16)22-21(23)14-25-19-12-9-15-5-4-6-17(15)13-19/h7-13,20H,3-6,14H2,1-2H3,(H,22,23). The number of rotatable bonds is 7. The van der Waals surface area contributed by atoms with Gasteiger partial charge in [0.25, 0.3) is 0 Å². The first kappa shape index (κ1) is 17.9. The molecule has 1 aliphatic rings. The third kappa shape index (κ3) is 4.57. The molecule has 2 aromatic rings. The lowest BCUT2D eigenvalue weighted by molar-refractivity contribution is -0.119. The molecule has 25 heavy (non-hydrogen) atoms. The highest BCUT2D eigenvalue weighted by molar-refractivity contribution is 8.00. The van der Waals surface area contributed by atoms with E-state index in [1.165, 1.54) is 35.3 Å². The molecule has 0 saturated heterocycles. The van der Waals surface area contributed by atoms with Crippen LogP contribution in [0.3, 0.4) is 0 Å². The summed E-state index contributed by atoms with van der Waals surface area (Å²) in [5, 5.41) is 3.14. The number of thioether (sulfide) groups is 1. The topological polar surface area (TPSA) is 38.3 Å². The summed E-state index contributed by atoms with van der Waals surface area (Å²) in [4.78, 5) is 13.5. The molecule has 1 atom stereocenters. The van der Waals surface area contributed by atoms with Crippen LogP contribution in [-0.4, -0.2) is 18.8 Å². The molecule has 3 rings (SSSR count). The minimum atomic E-state index is 0.0408. The van der Waals surface area contributed by atoms with Gasteiger partial charge in [-0.15, -0.1) is 11.8 Å². The molecule has 132 valence electrons. The first-order chi connectivity index (χ1) is 12.2. The zero-order chi connectivity index (χ0) is 17.6. The Hall–Kier alpha value is -1.94. The summed E-state index contributed by atoms with van der Waals surface area (Å²) in [6.45, 7) is 2.09. The van der Waals surface area contributed by atoms with Gasteiger partial charge in [0.05, 0.1) is 18.9 Å². The first-order valence-electron chi connectivity index (χ1n) is 8.87. The van der Waals surface area contributed by atoms with Crippen LogP contribution in [0, 0.1) is 0 Å². The maximum atomic E-state index is 12.4. The van der Waals surface area contributed by atoms with E-state index in [2.05, 4.69) is 30.4 Å². The van der Waals surface area contributed by atoms with Crippen molar-refractivity contribution in [2.24, 2.45) is 0 Å². The Balaban J connectivity index is 1.55. The average molecular weight is 356 g/mol. The van der Waals surface area contributed by atoms with Crippen LogP contribution in [0.2, 0.25) is 0 Å². The fourth-order valence-corrected chi connectivity index (χ4v) is 4.05. The van der Waals surface area contributed by atoms with Crippen molar-refractivity contribution in [1.82, 2.24) is 5.32 Å². The van der Waals surface area contributed by atoms with Crippen LogP contribution >= 0.6 is 11.8 Å². The third-order valence-corrected chi connectivity index (χ3v) is 5.70. The van der Waals surface area contributed by atoms with Crippen molar-refractivity contribution in [2.75, 3.05) is 12.9 Å². The maximum Gasteiger partial charge on any atom is 0.230 e. The van der Waals surface area contributed by atoms with Gasteiger partial charge in [0, 0.05) is 4.90 Å². The summed E-state index contributed by atoms with van der Waals surface area (Å²) >= 11 is 1.62. The predicted molar refractivity (Wildman–Crippen MR) is 103 cm³/mol. The number of hydrogen-bond acceptors (Lipinski definition) is 3. The lowest BCUT2D eigenvalue weighted by Crippen LogP contribution is -2.29. The molecule has 3 nitrogen and oxygen atoms in total. The summed E-state index contributed by atoms with van der Waals surface area (Å²) in [6.07, 6.45) is 4.48. The Morgan fingerprint density at radius 1 is 1.16 bits per heavy atom. The van der Waals surface area contributed by atoms with E-state index in [0.717, 1.165) is 17.7 Å². The molecule has 0 heterocycles. The van der Waals surface area contributed by atoms with E-state index in [1.54, 1.807) is 18.9 Å². The number of amides is 1. The Morgan fingerprint density at radius 2 is 1.92 bits per heavy atom. The summed E-state index contributed by atoms with van der Waals surface area (Å²) < 4.78 is 5.19. The number of carbonyl (C=O) groups is 1. The Morgan fingerprint density at radius 3 is 2.64 bits per heavy atom. The van der Waals surface area contributed by atoms with E-state index in [1.807, 2.05) is 24.3 Å². The second kappa shape index (κ2) is 8.43. The number of nitrogens with one attached hydrogen (secondary N) is 1. The number of aryl methyl sites for hydroxylation is 2. The molecular formula is C21H25NO2S. The van der Waals surface area contributed by atoms with Gasteiger partial charge < -0.3 is 10.1 Å². The van der Waals surface area contributed by atoms with Crippen molar-refractivity contribution in [3.05, 3.63) is 59.2 Å². The Kier molecular flexibility index (Phi) is 6.03. The van der Waals surface area contributed by atoms with Crippen molar-refractivity contribution in [3.8, 4) is 5.75 Å². The van der Waals surface area contributed by atoms with Crippen LogP contribution in [0.15, 0.2) is 47.4 Å². The molecule has 0 fully saturated rings. The SMILES string of the molecule is CCC(NC(=O)CSc1ccc2c(c1)CCC2)c1ccc(OC)cc1. The molecule has 1 aliphatic carbocycles. The molecule has 0 aromatic heterocycles. The Labute approximate surface area is 154 Å². The summed E-state index contributed by atoms with van der Waals surface area (Å²) in [5.41, 5.74) is 4.04. The number of fused-ring (bicyclic) bond motifs is 1. The van der Waals surface area contributed by atoms with Crippen molar-refractivity contribution in [3.63, 3.8) is 0 Å². The highest BCUT2D eigenvalue weighted by Gasteiger charge is 2.14. The highest BCUT2D eigenvalue weighted by atomic mass is 32.2. The van der Waals surface area contributed by atoms with Gasteiger partial charge in [-0.25, -0.2) is 0 Å². The van der Waals surface area contributed by atoms with Gasteiger partial charge in [0.15, 0.2) is 0 Å². The van der Waals surface area contributed by atoms with Gasteiger partial charge >= 0.3 is 0 Å². The number of hydrogen-bond donors (Lipinski definition) is 1. The fraction of sp³-hybridized carbons (Fsp3) is 0.381. The van der Waals surface area contributed by atoms with Crippen molar-refractivity contribution in [1.29, 1.82) is 0 Å². The molecular weight excluding hydrogens is 330 g/mol. The highest BCUT2D eigenvalue weighted by Crippen LogP contribution is 2.27. The van der Waals surface area contributed by atoms with E-state index in [4.69, 9.17) is 4.74 Å². The van der Waals surface area contributed by atoms with E-state index in [-0.39, 0.29) is 11.9 Å². The molecule has 1 N–H and O–H groups in total. The average Bonchev–Trinajstić information content (AvgIpc) is 3.12. The van der Waals surface area contributed by atoms with Crippen LogP contribution in [0.25, 0.3) is 0 Å². The molecule has 4 heteroatoms. The zero-order valence-electron chi connectivity index (χ0n) is 14.9. The quantitative estimate of drug-likeness (QED) is 0.741. The lowest BCUT2D eigenvalue weighted by Gasteiger charge is -2.18. The number of benzene rings is 2. The van der Waals surface area contributed by atoms with E-state index in [0.29, 0.717) is 5.75 Å². The van der Waals surface area contributed by atoms with Crippen LogP contribution in [0.5, 0.6) is 5.75 Å². The second-order valence-corrected chi connectivity index (χ2v) is 7.42. The summed E-state index contributed by atoms with van der Waals surface area (Å²) in [6, 6.07) is 14.5. The van der Waals surface area contributed by atoms with Gasteiger partial charge in [0.1, 0.15) is 5.75 Å². The molecule has 2 aromatic carbocycles. The maximum absolute atomic E-state index is 12.4. The third-order valence-electron chi connectivity index (χ3n) is 4.70. The number of methoxy groups -OCH3 is 1. The van der Waals surface area contributed by atoms with Gasteiger partial charge in [-0.2, -0.15) is 0 Å². The fourth-order valence-electron chi connectivity index (χ4n) is 3.28. The second-order valence-electron chi connectivity index (χ2n) is 6.37. The monoisotopic (exact) mass is 355 g/mol. The lowest BCUT2D eigenvalue weighted by atomic mass is 10.0.